The smallest absolute Gasteiger partial charge is 0.249 e. The average Bonchev–Trinajstić information content (AvgIpc) is 3.23. The topological polar surface area (TPSA) is 116 Å². The van der Waals surface area contributed by atoms with E-state index in [1.807, 2.05) is 44.2 Å². The van der Waals surface area contributed by atoms with Gasteiger partial charge in [0.05, 0.1) is 0 Å². The van der Waals surface area contributed by atoms with Gasteiger partial charge in [0, 0.05) is 12.8 Å². The van der Waals surface area contributed by atoms with Crippen molar-refractivity contribution in [3.05, 3.63) is 39.8 Å². The van der Waals surface area contributed by atoms with Gasteiger partial charge < -0.3 is 10.6 Å². The first-order valence-corrected chi connectivity index (χ1v) is 13.5. The Labute approximate surface area is 216 Å². The Kier molecular flexibility index (Phi) is 12.6. The van der Waals surface area contributed by atoms with Crippen molar-refractivity contribution < 1.29 is 14.4 Å². The van der Waals surface area contributed by atoms with Gasteiger partial charge in [-0.05, 0) is 30.1 Å². The normalized spacial score (nSPS) is 12.7. The standard InChI is InChI=1S/C25H37N5O3S2/c1-4-5-6-7-8-12-15-20(31)26-19(16-18-13-10-9-11-14-18)22(32)27-21(17(2)3)23(33)28-24-29-30-25(34)35-24/h9-11,13-14,17,19,21H,4-8,12,15-16H2,1-3H3,(H,26,31)(H,27,32)(H,30,34)(H,28,29,33). The molecular formula is C25H37N5O3S2. The quantitative estimate of drug-likeness (QED) is 0.200. The van der Waals surface area contributed by atoms with Gasteiger partial charge >= 0.3 is 0 Å². The molecule has 0 fully saturated rings. The highest BCUT2D eigenvalue weighted by Gasteiger charge is 2.29. The zero-order valence-corrected chi connectivity index (χ0v) is 22.4. The Hall–Kier alpha value is -2.59. The van der Waals surface area contributed by atoms with Crippen molar-refractivity contribution in [3.63, 3.8) is 0 Å². The van der Waals surface area contributed by atoms with Crippen LogP contribution in [0, 0.1) is 9.87 Å². The number of unbranched alkanes of at least 4 members (excludes halogenated alkanes) is 5. The molecule has 8 nitrogen and oxygen atoms in total. The largest absolute Gasteiger partial charge is 0.344 e. The van der Waals surface area contributed by atoms with E-state index < -0.39 is 18.0 Å². The number of anilines is 1. The summed E-state index contributed by atoms with van der Waals surface area (Å²) >= 11 is 6.15. The number of amides is 3. The lowest BCUT2D eigenvalue weighted by molar-refractivity contribution is -0.131. The Morgan fingerprint density at radius 2 is 1.69 bits per heavy atom. The van der Waals surface area contributed by atoms with Crippen molar-refractivity contribution in [3.8, 4) is 0 Å². The third-order valence-electron chi connectivity index (χ3n) is 5.61. The third kappa shape index (κ3) is 10.7. The van der Waals surface area contributed by atoms with Crippen LogP contribution in [0.2, 0.25) is 0 Å². The van der Waals surface area contributed by atoms with Crippen LogP contribution in [0.3, 0.4) is 0 Å². The van der Waals surface area contributed by atoms with Crippen molar-refractivity contribution in [2.24, 2.45) is 5.92 Å². The van der Waals surface area contributed by atoms with E-state index >= 15 is 0 Å². The number of hydrogen-bond acceptors (Lipinski definition) is 6. The molecule has 0 aliphatic carbocycles. The van der Waals surface area contributed by atoms with Crippen molar-refractivity contribution in [1.82, 2.24) is 20.8 Å². The summed E-state index contributed by atoms with van der Waals surface area (Å²) in [5.74, 6) is -1.11. The number of nitrogens with one attached hydrogen (secondary N) is 4. The van der Waals surface area contributed by atoms with E-state index in [-0.39, 0.29) is 17.7 Å². The minimum atomic E-state index is -0.797. The molecule has 10 heteroatoms. The summed E-state index contributed by atoms with van der Waals surface area (Å²) in [6.07, 6.45) is 7.20. The zero-order valence-electron chi connectivity index (χ0n) is 20.8. The number of benzene rings is 1. The van der Waals surface area contributed by atoms with Crippen LogP contribution >= 0.6 is 23.6 Å². The average molecular weight is 520 g/mol. The minimum Gasteiger partial charge on any atom is -0.344 e. The van der Waals surface area contributed by atoms with Gasteiger partial charge in [0.15, 0.2) is 3.95 Å². The number of nitrogens with zero attached hydrogens (tertiary/aromatic N) is 1. The zero-order chi connectivity index (χ0) is 25.6. The van der Waals surface area contributed by atoms with E-state index in [0.717, 1.165) is 36.2 Å². The number of carbonyl (C=O) groups excluding carboxylic acids is 3. The molecule has 35 heavy (non-hydrogen) atoms. The Bertz CT molecular complexity index is 990. The fourth-order valence-electron chi connectivity index (χ4n) is 3.65. The molecule has 3 amide bonds. The summed E-state index contributed by atoms with van der Waals surface area (Å²) in [7, 11) is 0. The second kappa shape index (κ2) is 15.4. The number of H-pyrrole nitrogens is 1. The maximum Gasteiger partial charge on any atom is 0.249 e. The number of aromatic nitrogens is 2. The van der Waals surface area contributed by atoms with Crippen LogP contribution in [-0.4, -0.2) is 40.0 Å². The molecule has 1 aromatic heterocycles. The Morgan fingerprint density at radius 1 is 1.00 bits per heavy atom. The van der Waals surface area contributed by atoms with E-state index in [2.05, 4.69) is 33.1 Å². The first kappa shape index (κ1) is 28.6. The van der Waals surface area contributed by atoms with Crippen molar-refractivity contribution >= 4 is 46.4 Å². The Morgan fingerprint density at radius 3 is 2.31 bits per heavy atom. The monoisotopic (exact) mass is 519 g/mol. The molecule has 1 aromatic carbocycles. The van der Waals surface area contributed by atoms with E-state index in [0.29, 0.717) is 21.9 Å². The Balaban J connectivity index is 2.02. The molecule has 2 rings (SSSR count). The second-order valence-corrected chi connectivity index (χ2v) is 10.6. The van der Waals surface area contributed by atoms with E-state index in [1.54, 1.807) is 0 Å². The molecule has 4 N–H and O–H groups in total. The lowest BCUT2D eigenvalue weighted by atomic mass is 10.0. The van der Waals surface area contributed by atoms with Gasteiger partial charge in [0.1, 0.15) is 12.1 Å². The molecule has 2 atom stereocenters. The fourth-order valence-corrected chi connectivity index (χ4v) is 4.44. The summed E-state index contributed by atoms with van der Waals surface area (Å²) in [5, 5.41) is 15.3. The molecule has 1 heterocycles. The summed E-state index contributed by atoms with van der Waals surface area (Å²) in [6.45, 7) is 5.87. The number of rotatable bonds is 15. The number of carbonyl (C=O) groups is 3. The molecule has 2 unspecified atom stereocenters. The first-order valence-electron chi connectivity index (χ1n) is 12.3. The molecule has 0 aliphatic heterocycles. The summed E-state index contributed by atoms with van der Waals surface area (Å²) in [5.41, 5.74) is 0.925. The van der Waals surface area contributed by atoms with Gasteiger partial charge in [-0.1, -0.05) is 94.5 Å². The summed E-state index contributed by atoms with van der Waals surface area (Å²) < 4.78 is 0.446. The number of aromatic amines is 1. The van der Waals surface area contributed by atoms with Crippen molar-refractivity contribution in [2.75, 3.05) is 5.32 Å². The van der Waals surface area contributed by atoms with Crippen LogP contribution in [0.25, 0.3) is 0 Å². The van der Waals surface area contributed by atoms with E-state index in [1.165, 1.54) is 19.3 Å². The maximum absolute atomic E-state index is 13.3. The molecule has 0 bridgehead atoms. The predicted octanol–water partition coefficient (Wildman–Crippen LogP) is 4.76. The minimum absolute atomic E-state index is 0.154. The molecular weight excluding hydrogens is 482 g/mol. The summed E-state index contributed by atoms with van der Waals surface area (Å²) in [6, 6.07) is 7.94. The van der Waals surface area contributed by atoms with Gasteiger partial charge in [-0.25, -0.2) is 0 Å². The van der Waals surface area contributed by atoms with Crippen LogP contribution in [0.5, 0.6) is 0 Å². The van der Waals surface area contributed by atoms with Gasteiger partial charge in [0.25, 0.3) is 0 Å². The molecule has 2 aromatic rings. The van der Waals surface area contributed by atoms with Gasteiger partial charge in [0.2, 0.25) is 22.9 Å². The van der Waals surface area contributed by atoms with Crippen LogP contribution in [0.1, 0.15) is 71.3 Å². The maximum atomic E-state index is 13.3. The molecule has 0 saturated heterocycles. The van der Waals surface area contributed by atoms with Crippen LogP contribution in [0.15, 0.2) is 30.3 Å². The van der Waals surface area contributed by atoms with E-state index in [4.69, 9.17) is 12.2 Å². The van der Waals surface area contributed by atoms with Gasteiger partial charge in [-0.15, -0.1) is 5.10 Å². The first-order chi connectivity index (χ1) is 16.8. The lowest BCUT2D eigenvalue weighted by Gasteiger charge is -2.25. The highest BCUT2D eigenvalue weighted by molar-refractivity contribution is 7.73. The van der Waals surface area contributed by atoms with Gasteiger partial charge in [-0.3, -0.25) is 24.8 Å². The highest BCUT2D eigenvalue weighted by Crippen LogP contribution is 2.14. The van der Waals surface area contributed by atoms with Crippen molar-refractivity contribution in [1.29, 1.82) is 0 Å². The molecule has 192 valence electrons. The molecule has 0 radical (unpaired) electrons. The molecule has 0 spiro atoms. The van der Waals surface area contributed by atoms with Crippen LogP contribution in [0.4, 0.5) is 5.13 Å². The lowest BCUT2D eigenvalue weighted by Crippen LogP contribution is -2.55. The predicted molar refractivity (Wildman–Crippen MR) is 143 cm³/mol. The van der Waals surface area contributed by atoms with Crippen LogP contribution < -0.4 is 16.0 Å². The molecule has 0 saturated carbocycles. The van der Waals surface area contributed by atoms with E-state index in [9.17, 15) is 14.4 Å². The second-order valence-electron chi connectivity index (χ2n) is 8.97. The SMILES string of the molecule is CCCCCCCCC(=O)NC(Cc1ccccc1)C(=O)NC(C(=O)Nc1n[nH]c(=S)s1)C(C)C. The molecule has 0 aliphatic rings. The summed E-state index contributed by atoms with van der Waals surface area (Å²) in [4.78, 5) is 38.8. The highest BCUT2D eigenvalue weighted by atomic mass is 32.1. The van der Waals surface area contributed by atoms with Gasteiger partial charge in [-0.2, -0.15) is 0 Å². The number of hydrogen-bond donors (Lipinski definition) is 4. The fraction of sp³-hybridized carbons (Fsp3) is 0.560. The van der Waals surface area contributed by atoms with Crippen LogP contribution in [-0.2, 0) is 20.8 Å². The third-order valence-corrected chi connectivity index (χ3v) is 6.61. The van der Waals surface area contributed by atoms with Crippen molar-refractivity contribution in [2.45, 2.75) is 84.2 Å².